The van der Waals surface area contributed by atoms with E-state index >= 15 is 0 Å². The van der Waals surface area contributed by atoms with Gasteiger partial charge < -0.3 is 15.4 Å². The topological polar surface area (TPSA) is 85.2 Å². The van der Waals surface area contributed by atoms with Crippen molar-refractivity contribution in [3.8, 4) is 0 Å². The summed E-state index contributed by atoms with van der Waals surface area (Å²) in [6.45, 7) is 3.52. The first kappa shape index (κ1) is 16.6. The molecule has 0 saturated carbocycles. The maximum atomic E-state index is 11.9. The van der Waals surface area contributed by atoms with E-state index in [1.807, 2.05) is 6.92 Å². The van der Waals surface area contributed by atoms with Crippen molar-refractivity contribution in [3.05, 3.63) is 21.0 Å². The van der Waals surface area contributed by atoms with Gasteiger partial charge in [0.25, 0.3) is 5.56 Å². The zero-order valence-electron chi connectivity index (χ0n) is 11.6. The molecule has 1 aromatic heterocycles. The Kier molecular flexibility index (Phi) is 7.24. The Morgan fingerprint density at radius 2 is 2.30 bits per heavy atom. The molecule has 0 spiro atoms. The van der Waals surface area contributed by atoms with Crippen LogP contribution in [0.1, 0.15) is 13.3 Å². The van der Waals surface area contributed by atoms with E-state index in [1.165, 1.54) is 10.9 Å². The Bertz CT molecular complexity index is 504. The lowest BCUT2D eigenvalue weighted by atomic mass is 10.4. The number of halogens is 1. The number of aryl methyl sites for hydroxylation is 1. The second-order valence-electron chi connectivity index (χ2n) is 4.10. The highest BCUT2D eigenvalue weighted by molar-refractivity contribution is 9.10. The van der Waals surface area contributed by atoms with Crippen molar-refractivity contribution in [1.82, 2.24) is 15.1 Å². The Morgan fingerprint density at radius 1 is 1.55 bits per heavy atom. The minimum atomic E-state index is -0.211. The van der Waals surface area contributed by atoms with E-state index in [0.717, 1.165) is 6.42 Å². The average molecular weight is 347 g/mol. The van der Waals surface area contributed by atoms with Crippen LogP contribution in [0.5, 0.6) is 0 Å². The Balaban J connectivity index is 2.58. The van der Waals surface area contributed by atoms with Crippen LogP contribution in [0.4, 0.5) is 5.69 Å². The molecule has 0 atom stereocenters. The van der Waals surface area contributed by atoms with Gasteiger partial charge in [0.2, 0.25) is 5.91 Å². The number of carbonyl (C=O) groups excluding carboxylic acids is 1. The monoisotopic (exact) mass is 346 g/mol. The molecule has 20 heavy (non-hydrogen) atoms. The summed E-state index contributed by atoms with van der Waals surface area (Å²) in [6, 6.07) is 0. The Morgan fingerprint density at radius 3 is 2.95 bits per heavy atom. The lowest BCUT2D eigenvalue weighted by molar-refractivity contribution is -0.119. The molecule has 0 aromatic carbocycles. The van der Waals surface area contributed by atoms with E-state index in [9.17, 15) is 9.59 Å². The van der Waals surface area contributed by atoms with E-state index in [1.54, 1.807) is 7.11 Å². The molecule has 0 radical (unpaired) electrons. The quantitative estimate of drug-likeness (QED) is 0.673. The highest BCUT2D eigenvalue weighted by atomic mass is 79.9. The van der Waals surface area contributed by atoms with Crippen LogP contribution in [-0.4, -0.2) is 42.5 Å². The van der Waals surface area contributed by atoms with Crippen molar-refractivity contribution in [3.63, 3.8) is 0 Å². The number of amides is 1. The third kappa shape index (κ3) is 4.93. The van der Waals surface area contributed by atoms with Gasteiger partial charge in [0.1, 0.15) is 4.47 Å². The summed E-state index contributed by atoms with van der Waals surface area (Å²) in [4.78, 5) is 23.4. The molecule has 1 rings (SSSR count). The number of aromatic nitrogens is 2. The molecule has 112 valence electrons. The van der Waals surface area contributed by atoms with Gasteiger partial charge in [0, 0.05) is 20.2 Å². The molecule has 0 aliphatic heterocycles. The largest absolute Gasteiger partial charge is 0.383 e. The predicted molar refractivity (Wildman–Crippen MR) is 79.9 cm³/mol. The molecular weight excluding hydrogens is 328 g/mol. The second kappa shape index (κ2) is 8.70. The summed E-state index contributed by atoms with van der Waals surface area (Å²) in [5, 5.41) is 9.59. The first-order chi connectivity index (χ1) is 9.60. The van der Waals surface area contributed by atoms with Crippen LogP contribution in [0.2, 0.25) is 0 Å². The van der Waals surface area contributed by atoms with Gasteiger partial charge in [0.15, 0.2) is 0 Å². The number of hydrogen-bond acceptors (Lipinski definition) is 5. The van der Waals surface area contributed by atoms with Gasteiger partial charge in [-0.1, -0.05) is 6.92 Å². The molecule has 0 saturated heterocycles. The number of carbonyl (C=O) groups is 1. The minimum Gasteiger partial charge on any atom is -0.383 e. The number of hydrogen-bond donors (Lipinski definition) is 2. The van der Waals surface area contributed by atoms with Crippen LogP contribution in [0.3, 0.4) is 0 Å². The lowest BCUT2D eigenvalue weighted by Gasteiger charge is -2.10. The third-order valence-corrected chi connectivity index (χ3v) is 3.25. The highest BCUT2D eigenvalue weighted by Crippen LogP contribution is 2.15. The predicted octanol–water partition coefficient (Wildman–Crippen LogP) is 0.590. The van der Waals surface area contributed by atoms with Crippen LogP contribution in [0.15, 0.2) is 15.5 Å². The van der Waals surface area contributed by atoms with Gasteiger partial charge in [-0.3, -0.25) is 9.59 Å². The smallest absolute Gasteiger partial charge is 0.283 e. The zero-order chi connectivity index (χ0) is 15.0. The second-order valence-corrected chi connectivity index (χ2v) is 4.89. The fraction of sp³-hybridized carbons (Fsp3) is 0.583. The molecule has 0 aliphatic carbocycles. The fourth-order valence-corrected chi connectivity index (χ4v) is 1.94. The van der Waals surface area contributed by atoms with Crippen LogP contribution < -0.4 is 16.2 Å². The summed E-state index contributed by atoms with van der Waals surface area (Å²) >= 11 is 3.23. The fourth-order valence-electron chi connectivity index (χ4n) is 1.49. The average Bonchev–Trinajstić information content (AvgIpc) is 2.43. The Labute approximate surface area is 125 Å². The standard InChI is InChI=1S/C12H19BrN4O3/c1-3-5-17-12(19)11(13)9(7-16-17)15-8-10(18)14-4-6-20-2/h7,15H,3-6,8H2,1-2H3,(H,14,18). The number of nitrogens with one attached hydrogen (secondary N) is 2. The van der Waals surface area contributed by atoms with E-state index in [4.69, 9.17) is 4.74 Å². The number of nitrogens with zero attached hydrogens (tertiary/aromatic N) is 2. The van der Waals surface area contributed by atoms with Crippen LogP contribution >= 0.6 is 15.9 Å². The van der Waals surface area contributed by atoms with Crippen LogP contribution in [0, 0.1) is 0 Å². The summed E-state index contributed by atoms with van der Waals surface area (Å²) < 4.78 is 6.59. The van der Waals surface area contributed by atoms with Gasteiger partial charge in [-0.05, 0) is 22.4 Å². The third-order valence-electron chi connectivity index (χ3n) is 2.49. The lowest BCUT2D eigenvalue weighted by Crippen LogP contribution is -2.33. The van der Waals surface area contributed by atoms with Crippen LogP contribution in [-0.2, 0) is 16.1 Å². The van der Waals surface area contributed by atoms with Crippen LogP contribution in [0.25, 0.3) is 0 Å². The first-order valence-corrected chi connectivity index (χ1v) is 7.14. The maximum absolute atomic E-state index is 11.9. The summed E-state index contributed by atoms with van der Waals surface area (Å²) in [7, 11) is 1.57. The summed E-state index contributed by atoms with van der Waals surface area (Å²) in [6.07, 6.45) is 2.36. The molecular formula is C12H19BrN4O3. The van der Waals surface area contributed by atoms with E-state index in [2.05, 4.69) is 31.7 Å². The van der Waals surface area contributed by atoms with Crippen molar-refractivity contribution >= 4 is 27.5 Å². The molecule has 1 amide bonds. The van der Waals surface area contributed by atoms with Gasteiger partial charge >= 0.3 is 0 Å². The molecule has 0 aliphatic rings. The van der Waals surface area contributed by atoms with Crippen molar-refractivity contribution in [2.45, 2.75) is 19.9 Å². The van der Waals surface area contributed by atoms with E-state index in [-0.39, 0.29) is 18.0 Å². The Hall–Kier alpha value is -1.41. The number of ether oxygens (including phenoxy) is 1. The molecule has 0 unspecified atom stereocenters. The molecule has 1 aromatic rings. The normalized spacial score (nSPS) is 10.3. The molecule has 0 bridgehead atoms. The summed E-state index contributed by atoms with van der Waals surface area (Å²) in [5.74, 6) is -0.174. The zero-order valence-corrected chi connectivity index (χ0v) is 13.2. The van der Waals surface area contributed by atoms with Gasteiger partial charge in [-0.2, -0.15) is 5.10 Å². The van der Waals surface area contributed by atoms with Gasteiger partial charge in [-0.25, -0.2) is 4.68 Å². The number of methoxy groups -OCH3 is 1. The first-order valence-electron chi connectivity index (χ1n) is 6.35. The highest BCUT2D eigenvalue weighted by Gasteiger charge is 2.09. The van der Waals surface area contributed by atoms with Crippen molar-refractivity contribution in [2.24, 2.45) is 0 Å². The van der Waals surface area contributed by atoms with E-state index in [0.29, 0.717) is 29.9 Å². The SMILES string of the molecule is CCCn1ncc(NCC(=O)NCCOC)c(Br)c1=O. The molecule has 8 heteroatoms. The van der Waals surface area contributed by atoms with Crippen molar-refractivity contribution in [2.75, 3.05) is 32.1 Å². The van der Waals surface area contributed by atoms with Crippen molar-refractivity contribution in [1.29, 1.82) is 0 Å². The molecule has 7 nitrogen and oxygen atoms in total. The molecule has 1 heterocycles. The number of rotatable bonds is 8. The minimum absolute atomic E-state index is 0.0707. The van der Waals surface area contributed by atoms with Crippen molar-refractivity contribution < 1.29 is 9.53 Å². The molecule has 2 N–H and O–H groups in total. The molecule has 0 fully saturated rings. The van der Waals surface area contributed by atoms with Gasteiger partial charge in [-0.15, -0.1) is 0 Å². The van der Waals surface area contributed by atoms with Gasteiger partial charge in [0.05, 0.1) is 25.0 Å². The maximum Gasteiger partial charge on any atom is 0.283 e. The van der Waals surface area contributed by atoms with E-state index < -0.39 is 0 Å². The number of anilines is 1. The summed E-state index contributed by atoms with van der Waals surface area (Å²) in [5.41, 5.74) is 0.292.